The van der Waals surface area contributed by atoms with Gasteiger partial charge in [0.1, 0.15) is 10.7 Å². The Balaban J connectivity index is 3.52. The van der Waals surface area contributed by atoms with E-state index in [1.807, 2.05) is 0 Å². The highest BCUT2D eigenvalue weighted by Gasteiger charge is 2.18. The maximum Gasteiger partial charge on any atom is 0.191 e. The third-order valence-corrected chi connectivity index (χ3v) is 3.84. The molecule has 1 N–H and O–H groups in total. The highest BCUT2D eigenvalue weighted by Crippen LogP contribution is 2.26. The summed E-state index contributed by atoms with van der Waals surface area (Å²) >= 11 is 2.89. The first-order chi connectivity index (χ1) is 6.73. The van der Waals surface area contributed by atoms with Crippen molar-refractivity contribution < 1.29 is 21.6 Å². The van der Waals surface area contributed by atoms with Crippen LogP contribution in [-0.2, 0) is 20.9 Å². The zero-order valence-electron chi connectivity index (χ0n) is 7.40. The molecule has 0 bridgehead atoms. The molecule has 0 aliphatic heterocycles. The Morgan fingerprint density at radius 1 is 1.47 bits per heavy atom. The Hall–Kier alpha value is -0.500. The number of benzene rings is 1. The lowest BCUT2D eigenvalue weighted by Gasteiger charge is -2.04. The highest BCUT2D eigenvalue weighted by atomic mass is 35.5. The molecule has 0 radical (unpaired) electrons. The average Bonchev–Trinajstić information content (AvgIpc) is 1.99. The van der Waals surface area contributed by atoms with Crippen LogP contribution in [-0.4, -0.2) is 23.4 Å². The third-order valence-electron chi connectivity index (χ3n) is 1.57. The highest BCUT2D eigenvalue weighted by molar-refractivity contribution is 7.90. The Labute approximate surface area is 93.3 Å². The summed E-state index contributed by atoms with van der Waals surface area (Å²) in [6.45, 7) is 0. The Kier molecular flexibility index (Phi) is 3.49. The van der Waals surface area contributed by atoms with Crippen molar-refractivity contribution in [1.29, 1.82) is 0 Å². The van der Waals surface area contributed by atoms with Gasteiger partial charge in [-0.3, -0.25) is 0 Å². The standard InChI is InChI=1S/C7H6ClFO4S2/c1-15(12,13)4-2-5(8)7(14(10)11)6(9)3-4/h2-3H,1H3,(H,10,11). The van der Waals surface area contributed by atoms with Crippen molar-refractivity contribution in [1.82, 2.24) is 0 Å². The largest absolute Gasteiger partial charge is 0.302 e. The summed E-state index contributed by atoms with van der Waals surface area (Å²) in [5.74, 6) is -1.12. The van der Waals surface area contributed by atoms with Crippen molar-refractivity contribution >= 4 is 32.5 Å². The van der Waals surface area contributed by atoms with E-state index in [2.05, 4.69) is 0 Å². The van der Waals surface area contributed by atoms with Crippen molar-refractivity contribution in [2.24, 2.45) is 0 Å². The zero-order chi connectivity index (χ0) is 11.8. The van der Waals surface area contributed by atoms with Crippen LogP contribution in [0.25, 0.3) is 0 Å². The summed E-state index contributed by atoms with van der Waals surface area (Å²) in [5, 5.41) is -0.392. The average molecular weight is 273 g/mol. The molecular formula is C7H6ClFO4S2. The fourth-order valence-electron chi connectivity index (χ4n) is 0.918. The first-order valence-corrected chi connectivity index (χ1v) is 6.91. The molecule has 8 heteroatoms. The van der Waals surface area contributed by atoms with Crippen LogP contribution in [0.1, 0.15) is 0 Å². The maximum absolute atomic E-state index is 13.2. The van der Waals surface area contributed by atoms with E-state index in [9.17, 15) is 17.0 Å². The van der Waals surface area contributed by atoms with E-state index in [0.717, 1.165) is 12.3 Å². The van der Waals surface area contributed by atoms with E-state index in [1.165, 1.54) is 0 Å². The Morgan fingerprint density at radius 2 is 2.00 bits per heavy atom. The fourth-order valence-corrected chi connectivity index (χ4v) is 2.49. The van der Waals surface area contributed by atoms with Crippen molar-refractivity contribution in [3.8, 4) is 0 Å². The van der Waals surface area contributed by atoms with Gasteiger partial charge < -0.3 is 4.55 Å². The second-order valence-corrected chi connectivity index (χ2v) is 6.07. The summed E-state index contributed by atoms with van der Waals surface area (Å²) in [5.41, 5.74) is 0. The molecule has 1 aromatic rings. The fraction of sp³-hybridized carbons (Fsp3) is 0.143. The molecule has 0 aliphatic carbocycles. The van der Waals surface area contributed by atoms with E-state index in [-0.39, 0.29) is 4.90 Å². The van der Waals surface area contributed by atoms with E-state index in [4.69, 9.17) is 16.2 Å². The van der Waals surface area contributed by atoms with Crippen molar-refractivity contribution in [2.45, 2.75) is 9.79 Å². The summed E-state index contributed by atoms with van der Waals surface area (Å²) in [7, 11) is -3.60. The van der Waals surface area contributed by atoms with Crippen molar-refractivity contribution in [3.63, 3.8) is 0 Å². The van der Waals surface area contributed by atoms with Crippen LogP contribution in [0.5, 0.6) is 0 Å². The van der Waals surface area contributed by atoms with Crippen LogP contribution in [0.15, 0.2) is 21.9 Å². The summed E-state index contributed by atoms with van der Waals surface area (Å²) in [6.07, 6.45) is 0.883. The predicted molar refractivity (Wildman–Crippen MR) is 53.6 cm³/mol. The number of sulfone groups is 1. The molecule has 0 spiro atoms. The summed E-state index contributed by atoms with van der Waals surface area (Å²) < 4.78 is 54.6. The zero-order valence-corrected chi connectivity index (χ0v) is 9.79. The molecule has 84 valence electrons. The number of rotatable bonds is 2. The molecule has 0 saturated carbocycles. The van der Waals surface area contributed by atoms with Crippen LogP contribution in [0.3, 0.4) is 0 Å². The smallest absolute Gasteiger partial charge is 0.191 e. The van der Waals surface area contributed by atoms with Crippen LogP contribution in [0.4, 0.5) is 4.39 Å². The van der Waals surface area contributed by atoms with E-state index in [0.29, 0.717) is 6.07 Å². The molecule has 0 amide bonds. The third kappa shape index (κ3) is 2.75. The SMILES string of the molecule is CS(=O)(=O)c1cc(F)c(S(=O)O)c(Cl)c1. The van der Waals surface area contributed by atoms with Gasteiger partial charge in [0.2, 0.25) is 0 Å². The van der Waals surface area contributed by atoms with Crippen molar-refractivity contribution in [3.05, 3.63) is 23.0 Å². The molecule has 1 atom stereocenters. The van der Waals surface area contributed by atoms with Gasteiger partial charge in [-0.2, -0.15) is 0 Å². The number of halogens is 2. The summed E-state index contributed by atoms with van der Waals surface area (Å²) in [4.78, 5) is -0.955. The summed E-state index contributed by atoms with van der Waals surface area (Å²) in [6, 6.07) is 1.59. The lowest BCUT2D eigenvalue weighted by molar-refractivity contribution is 0.541. The lowest BCUT2D eigenvalue weighted by atomic mass is 10.3. The monoisotopic (exact) mass is 272 g/mol. The van der Waals surface area contributed by atoms with Gasteiger partial charge in [0, 0.05) is 6.26 Å². The van der Waals surface area contributed by atoms with Gasteiger partial charge in [-0.05, 0) is 12.1 Å². The quantitative estimate of drug-likeness (QED) is 0.828. The van der Waals surface area contributed by atoms with Crippen LogP contribution >= 0.6 is 11.6 Å². The van der Waals surface area contributed by atoms with Gasteiger partial charge >= 0.3 is 0 Å². The molecule has 15 heavy (non-hydrogen) atoms. The molecule has 0 heterocycles. The van der Waals surface area contributed by atoms with Crippen LogP contribution in [0, 0.1) is 5.82 Å². The minimum Gasteiger partial charge on any atom is -0.302 e. The molecular weight excluding hydrogens is 267 g/mol. The first kappa shape index (κ1) is 12.6. The van der Waals surface area contributed by atoms with Gasteiger partial charge in [-0.25, -0.2) is 17.0 Å². The molecule has 1 unspecified atom stereocenters. The molecule has 4 nitrogen and oxygen atoms in total. The first-order valence-electron chi connectivity index (χ1n) is 3.53. The van der Waals surface area contributed by atoms with Gasteiger partial charge in [0.05, 0.1) is 9.92 Å². The Bertz CT molecular complexity index is 503. The van der Waals surface area contributed by atoms with E-state index < -0.39 is 36.7 Å². The van der Waals surface area contributed by atoms with Gasteiger partial charge in [-0.1, -0.05) is 11.6 Å². The molecule has 0 fully saturated rings. The molecule has 1 aromatic carbocycles. The lowest BCUT2D eigenvalue weighted by Crippen LogP contribution is -2.02. The van der Waals surface area contributed by atoms with Crippen LogP contribution in [0.2, 0.25) is 5.02 Å². The maximum atomic E-state index is 13.2. The minimum absolute atomic E-state index is 0.334. The van der Waals surface area contributed by atoms with E-state index in [1.54, 1.807) is 0 Å². The number of hydrogen-bond donors (Lipinski definition) is 1. The second-order valence-electron chi connectivity index (χ2n) is 2.74. The second kappa shape index (κ2) is 4.17. The normalized spacial score (nSPS) is 13.9. The van der Waals surface area contributed by atoms with E-state index >= 15 is 0 Å². The van der Waals surface area contributed by atoms with Gasteiger partial charge in [0.25, 0.3) is 0 Å². The van der Waals surface area contributed by atoms with Crippen molar-refractivity contribution in [2.75, 3.05) is 6.26 Å². The predicted octanol–water partition coefficient (Wildman–Crippen LogP) is 1.46. The molecule has 0 aliphatic rings. The van der Waals surface area contributed by atoms with Gasteiger partial charge in [0.15, 0.2) is 20.9 Å². The van der Waals surface area contributed by atoms with Crippen LogP contribution < -0.4 is 0 Å². The van der Waals surface area contributed by atoms with Gasteiger partial charge in [-0.15, -0.1) is 0 Å². The molecule has 1 rings (SSSR count). The minimum atomic E-state index is -3.60. The number of hydrogen-bond acceptors (Lipinski definition) is 3. The Morgan fingerprint density at radius 3 is 2.33 bits per heavy atom. The molecule has 0 saturated heterocycles. The topological polar surface area (TPSA) is 71.4 Å². The molecule has 0 aromatic heterocycles.